The molecule has 98 valence electrons. The second kappa shape index (κ2) is 5.04. The van der Waals surface area contributed by atoms with Gasteiger partial charge in [-0.25, -0.2) is 0 Å². The maximum absolute atomic E-state index is 12.6. The summed E-state index contributed by atoms with van der Waals surface area (Å²) in [5.41, 5.74) is 1.09. The van der Waals surface area contributed by atoms with Crippen LogP contribution < -0.4 is 0 Å². The third-order valence-electron chi connectivity index (χ3n) is 2.95. The molecule has 0 aliphatic heterocycles. The van der Waals surface area contributed by atoms with E-state index < -0.39 is 12.1 Å². The second-order valence-electron chi connectivity index (χ2n) is 4.55. The van der Waals surface area contributed by atoms with Gasteiger partial charge in [0.25, 0.3) is 0 Å². The standard InChI is InChI=1S/C14H15F3O/c1-10-4-2-6-12(8-10)18-13-7-3-5-11(9-13)14(15,16)17/h3-4,7-9,11H,2,5-6H2,1H3. The summed E-state index contributed by atoms with van der Waals surface area (Å²) in [6.07, 6.45) is 5.64. The summed E-state index contributed by atoms with van der Waals surface area (Å²) < 4.78 is 43.3. The molecule has 0 fully saturated rings. The van der Waals surface area contributed by atoms with Crippen molar-refractivity contribution in [3.8, 4) is 0 Å². The summed E-state index contributed by atoms with van der Waals surface area (Å²) >= 11 is 0. The molecule has 0 bridgehead atoms. The molecule has 0 N–H and O–H groups in total. The van der Waals surface area contributed by atoms with Crippen LogP contribution in [0.4, 0.5) is 13.2 Å². The number of hydrogen-bond acceptors (Lipinski definition) is 1. The molecule has 1 unspecified atom stereocenters. The van der Waals surface area contributed by atoms with Crippen LogP contribution in [0.5, 0.6) is 0 Å². The molecule has 2 aliphatic rings. The maximum atomic E-state index is 12.6. The van der Waals surface area contributed by atoms with E-state index in [1.807, 2.05) is 13.0 Å². The van der Waals surface area contributed by atoms with Crippen molar-refractivity contribution < 1.29 is 17.9 Å². The van der Waals surface area contributed by atoms with Gasteiger partial charge < -0.3 is 4.74 Å². The van der Waals surface area contributed by atoms with Crippen molar-refractivity contribution in [3.05, 3.63) is 47.5 Å². The quantitative estimate of drug-likeness (QED) is 0.698. The number of halogens is 3. The Balaban J connectivity index is 2.07. The van der Waals surface area contributed by atoms with Gasteiger partial charge in [-0.1, -0.05) is 17.7 Å². The van der Waals surface area contributed by atoms with Crippen LogP contribution in [0.2, 0.25) is 0 Å². The molecule has 2 aliphatic carbocycles. The van der Waals surface area contributed by atoms with Crippen LogP contribution in [0.1, 0.15) is 26.2 Å². The summed E-state index contributed by atoms with van der Waals surface area (Å²) in [7, 11) is 0. The zero-order valence-corrected chi connectivity index (χ0v) is 10.1. The maximum Gasteiger partial charge on any atom is 0.395 e. The molecule has 4 heteroatoms. The molecule has 0 saturated heterocycles. The first-order chi connectivity index (χ1) is 8.45. The van der Waals surface area contributed by atoms with E-state index in [0.717, 1.165) is 30.2 Å². The Kier molecular flexibility index (Phi) is 3.64. The molecule has 1 nitrogen and oxygen atoms in total. The fraction of sp³-hybridized carbons (Fsp3) is 0.429. The predicted molar refractivity (Wildman–Crippen MR) is 63.5 cm³/mol. The van der Waals surface area contributed by atoms with Gasteiger partial charge in [0.05, 0.1) is 5.92 Å². The van der Waals surface area contributed by atoms with Crippen molar-refractivity contribution in [2.75, 3.05) is 0 Å². The van der Waals surface area contributed by atoms with Crippen LogP contribution in [-0.2, 0) is 4.74 Å². The van der Waals surface area contributed by atoms with Gasteiger partial charge in [0.15, 0.2) is 0 Å². The molecule has 0 heterocycles. The first-order valence-electron chi connectivity index (χ1n) is 5.95. The molecule has 0 amide bonds. The average molecular weight is 256 g/mol. The largest absolute Gasteiger partial charge is 0.462 e. The van der Waals surface area contributed by atoms with Gasteiger partial charge in [-0.3, -0.25) is 0 Å². The fourth-order valence-corrected chi connectivity index (χ4v) is 2.01. The Hall–Kier alpha value is -1.45. The SMILES string of the molecule is CC1=CCCC(OC2=CC(C(F)(F)F)CC=C2)=C1. The highest BCUT2D eigenvalue weighted by atomic mass is 19.4. The zero-order chi connectivity index (χ0) is 13.2. The lowest BCUT2D eigenvalue weighted by atomic mass is 9.99. The van der Waals surface area contributed by atoms with Gasteiger partial charge >= 0.3 is 6.18 Å². The average Bonchev–Trinajstić information content (AvgIpc) is 2.28. The summed E-state index contributed by atoms with van der Waals surface area (Å²) in [6.45, 7) is 1.95. The predicted octanol–water partition coefficient (Wildman–Crippen LogP) is 4.65. The molecule has 0 spiro atoms. The first-order valence-corrected chi connectivity index (χ1v) is 5.95. The van der Waals surface area contributed by atoms with Crippen LogP contribution in [0.3, 0.4) is 0 Å². The normalized spacial score (nSPS) is 24.2. The monoisotopic (exact) mass is 256 g/mol. The Labute approximate surface area is 104 Å². The molecule has 0 saturated carbocycles. The first kappa shape index (κ1) is 13.0. The lowest BCUT2D eigenvalue weighted by molar-refractivity contribution is -0.161. The Morgan fingerprint density at radius 2 is 2.11 bits per heavy atom. The van der Waals surface area contributed by atoms with Crippen LogP contribution in [0, 0.1) is 5.92 Å². The van der Waals surface area contributed by atoms with E-state index in [4.69, 9.17) is 4.74 Å². The van der Waals surface area contributed by atoms with E-state index in [1.165, 1.54) is 6.08 Å². The van der Waals surface area contributed by atoms with Crippen molar-refractivity contribution in [2.45, 2.75) is 32.4 Å². The summed E-state index contributed by atoms with van der Waals surface area (Å²) in [5.74, 6) is -0.406. The minimum absolute atomic E-state index is 0.00562. The van der Waals surface area contributed by atoms with Crippen molar-refractivity contribution in [1.29, 1.82) is 0 Å². The molecular weight excluding hydrogens is 241 g/mol. The summed E-state index contributed by atoms with van der Waals surface area (Å²) in [5, 5.41) is 0. The van der Waals surface area contributed by atoms with Crippen LogP contribution in [-0.4, -0.2) is 6.18 Å². The minimum atomic E-state index is -4.20. The number of ether oxygens (including phenoxy) is 1. The lowest BCUT2D eigenvalue weighted by Gasteiger charge is -2.21. The third-order valence-corrected chi connectivity index (χ3v) is 2.95. The Morgan fingerprint density at radius 1 is 1.33 bits per heavy atom. The minimum Gasteiger partial charge on any atom is -0.462 e. The fourth-order valence-electron chi connectivity index (χ4n) is 2.01. The van der Waals surface area contributed by atoms with Crippen molar-refractivity contribution in [2.24, 2.45) is 5.92 Å². The highest BCUT2D eigenvalue weighted by Gasteiger charge is 2.38. The lowest BCUT2D eigenvalue weighted by Crippen LogP contribution is -2.22. The highest BCUT2D eigenvalue weighted by molar-refractivity contribution is 5.27. The van der Waals surface area contributed by atoms with E-state index in [9.17, 15) is 13.2 Å². The number of allylic oxidation sites excluding steroid dienone is 7. The molecule has 2 rings (SSSR count). The van der Waals surface area contributed by atoms with E-state index >= 15 is 0 Å². The van der Waals surface area contributed by atoms with Gasteiger partial charge in [0, 0.05) is 6.42 Å². The van der Waals surface area contributed by atoms with Gasteiger partial charge in [0.2, 0.25) is 0 Å². The van der Waals surface area contributed by atoms with Crippen molar-refractivity contribution in [3.63, 3.8) is 0 Å². The van der Waals surface area contributed by atoms with Crippen LogP contribution in [0.15, 0.2) is 47.5 Å². The molecule has 0 aromatic rings. The number of alkyl halides is 3. The topological polar surface area (TPSA) is 9.23 Å². The summed E-state index contributed by atoms with van der Waals surface area (Å²) in [6, 6.07) is 0. The third kappa shape index (κ3) is 3.28. The molecular formula is C14H15F3O. The number of hydrogen-bond donors (Lipinski definition) is 0. The second-order valence-corrected chi connectivity index (χ2v) is 4.55. The van der Waals surface area contributed by atoms with E-state index in [0.29, 0.717) is 5.76 Å². The molecule has 18 heavy (non-hydrogen) atoms. The molecule has 1 atom stereocenters. The van der Waals surface area contributed by atoms with Gasteiger partial charge in [-0.2, -0.15) is 13.2 Å². The van der Waals surface area contributed by atoms with E-state index in [2.05, 4.69) is 6.08 Å². The smallest absolute Gasteiger partial charge is 0.395 e. The van der Waals surface area contributed by atoms with E-state index in [1.54, 1.807) is 6.08 Å². The van der Waals surface area contributed by atoms with Gasteiger partial charge in [-0.15, -0.1) is 0 Å². The van der Waals surface area contributed by atoms with Crippen molar-refractivity contribution >= 4 is 0 Å². The Bertz CT molecular complexity index is 438. The summed E-state index contributed by atoms with van der Waals surface area (Å²) in [4.78, 5) is 0. The zero-order valence-electron chi connectivity index (χ0n) is 10.1. The number of rotatable bonds is 2. The van der Waals surface area contributed by atoms with Gasteiger partial charge in [0.1, 0.15) is 11.5 Å². The molecule has 0 aromatic heterocycles. The van der Waals surface area contributed by atoms with Gasteiger partial charge in [-0.05, 0) is 38.0 Å². The van der Waals surface area contributed by atoms with Crippen molar-refractivity contribution in [1.82, 2.24) is 0 Å². The van der Waals surface area contributed by atoms with Crippen LogP contribution in [0.25, 0.3) is 0 Å². The van der Waals surface area contributed by atoms with E-state index in [-0.39, 0.29) is 6.42 Å². The molecule has 0 aromatic carbocycles. The Morgan fingerprint density at radius 3 is 2.78 bits per heavy atom. The highest BCUT2D eigenvalue weighted by Crippen LogP contribution is 2.34. The van der Waals surface area contributed by atoms with Crippen LogP contribution >= 0.6 is 0 Å². The molecule has 0 radical (unpaired) electrons.